The molecule has 20 heavy (non-hydrogen) atoms. The van der Waals surface area contributed by atoms with Crippen LogP contribution in [0.1, 0.15) is 18.3 Å². The third kappa shape index (κ3) is 2.49. The second-order valence-electron chi connectivity index (χ2n) is 4.51. The summed E-state index contributed by atoms with van der Waals surface area (Å²) in [4.78, 5) is 5.59. The average Bonchev–Trinajstić information content (AvgIpc) is 2.98. The van der Waals surface area contributed by atoms with Gasteiger partial charge in [0.25, 0.3) is 0 Å². The molecule has 0 radical (unpaired) electrons. The van der Waals surface area contributed by atoms with E-state index in [0.717, 1.165) is 28.6 Å². The molecule has 2 aromatic heterocycles. The highest BCUT2D eigenvalue weighted by Crippen LogP contribution is 2.20. The van der Waals surface area contributed by atoms with Crippen molar-refractivity contribution in [2.45, 2.75) is 20.4 Å². The Morgan fingerprint density at radius 3 is 3.15 bits per heavy atom. The fourth-order valence-electron chi connectivity index (χ4n) is 2.20. The lowest BCUT2D eigenvalue weighted by atomic mass is 10.3. The zero-order chi connectivity index (χ0) is 13.9. The number of benzene rings is 1. The number of imidazole rings is 1. The quantitative estimate of drug-likeness (QED) is 0.777. The van der Waals surface area contributed by atoms with Gasteiger partial charge >= 0.3 is 0 Å². The molecule has 1 aromatic carbocycles. The maximum absolute atomic E-state index is 5.51. The van der Waals surface area contributed by atoms with Crippen LogP contribution in [0.4, 0.5) is 5.69 Å². The van der Waals surface area contributed by atoms with E-state index in [9.17, 15) is 0 Å². The molecular weight excluding hydrogens is 270 g/mol. The van der Waals surface area contributed by atoms with Crippen molar-refractivity contribution in [2.24, 2.45) is 0 Å². The van der Waals surface area contributed by atoms with E-state index in [2.05, 4.69) is 26.3 Å². The number of rotatable bonds is 5. The van der Waals surface area contributed by atoms with Crippen LogP contribution in [-0.4, -0.2) is 16.0 Å². The van der Waals surface area contributed by atoms with Gasteiger partial charge in [-0.1, -0.05) is 6.07 Å². The van der Waals surface area contributed by atoms with Crippen LogP contribution in [0, 0.1) is 6.92 Å². The molecule has 0 saturated carbocycles. The monoisotopic (exact) mass is 287 g/mol. The number of aromatic nitrogens is 2. The van der Waals surface area contributed by atoms with Crippen molar-refractivity contribution in [2.75, 3.05) is 11.9 Å². The van der Waals surface area contributed by atoms with Gasteiger partial charge < -0.3 is 10.1 Å². The number of thiazole rings is 1. The Bertz CT molecular complexity index is 717. The molecule has 2 heterocycles. The minimum Gasteiger partial charge on any atom is -0.494 e. The van der Waals surface area contributed by atoms with Gasteiger partial charge in [0.1, 0.15) is 5.75 Å². The first-order chi connectivity index (χ1) is 9.78. The van der Waals surface area contributed by atoms with Crippen LogP contribution in [-0.2, 0) is 6.54 Å². The van der Waals surface area contributed by atoms with Crippen molar-refractivity contribution in [1.82, 2.24) is 9.38 Å². The van der Waals surface area contributed by atoms with Crippen molar-refractivity contribution in [3.05, 3.63) is 47.2 Å². The standard InChI is InChI=1S/C15H17N3OS/c1-3-19-13-6-4-5-12(9-13)16-10-14-11(2)17-15-18(14)7-8-20-15/h4-9,16H,3,10H2,1-2H3. The summed E-state index contributed by atoms with van der Waals surface area (Å²) in [6, 6.07) is 8.03. The summed E-state index contributed by atoms with van der Waals surface area (Å²) in [7, 11) is 0. The first-order valence-corrected chi connectivity index (χ1v) is 7.53. The molecule has 4 nitrogen and oxygen atoms in total. The molecule has 0 aliphatic rings. The van der Waals surface area contributed by atoms with Crippen LogP contribution in [0.3, 0.4) is 0 Å². The van der Waals surface area contributed by atoms with E-state index in [1.807, 2.05) is 38.1 Å². The van der Waals surface area contributed by atoms with E-state index in [1.165, 1.54) is 5.69 Å². The van der Waals surface area contributed by atoms with E-state index in [4.69, 9.17) is 4.74 Å². The molecule has 1 N–H and O–H groups in total. The van der Waals surface area contributed by atoms with Crippen molar-refractivity contribution in [3.63, 3.8) is 0 Å². The highest BCUT2D eigenvalue weighted by Gasteiger charge is 2.09. The maximum Gasteiger partial charge on any atom is 0.194 e. The Morgan fingerprint density at radius 1 is 1.40 bits per heavy atom. The lowest BCUT2D eigenvalue weighted by Crippen LogP contribution is -2.03. The van der Waals surface area contributed by atoms with Gasteiger partial charge in [-0.25, -0.2) is 4.98 Å². The molecule has 5 heteroatoms. The third-order valence-electron chi connectivity index (χ3n) is 3.17. The van der Waals surface area contributed by atoms with Gasteiger partial charge in [0.2, 0.25) is 0 Å². The van der Waals surface area contributed by atoms with Crippen molar-refractivity contribution < 1.29 is 4.74 Å². The molecular formula is C15H17N3OS. The summed E-state index contributed by atoms with van der Waals surface area (Å²) >= 11 is 1.66. The predicted molar refractivity (Wildman–Crippen MR) is 82.7 cm³/mol. The fourth-order valence-corrected chi connectivity index (χ4v) is 2.98. The van der Waals surface area contributed by atoms with Crippen LogP contribution in [0.15, 0.2) is 35.8 Å². The largest absolute Gasteiger partial charge is 0.494 e. The topological polar surface area (TPSA) is 38.6 Å². The average molecular weight is 287 g/mol. The smallest absolute Gasteiger partial charge is 0.194 e. The molecule has 3 aromatic rings. The van der Waals surface area contributed by atoms with Gasteiger partial charge in [-0.3, -0.25) is 4.40 Å². The van der Waals surface area contributed by atoms with Crippen LogP contribution >= 0.6 is 11.3 Å². The Labute approximate surface area is 122 Å². The number of nitrogens with one attached hydrogen (secondary N) is 1. The highest BCUT2D eigenvalue weighted by atomic mass is 32.1. The summed E-state index contributed by atoms with van der Waals surface area (Å²) in [5.74, 6) is 0.892. The van der Waals surface area contributed by atoms with Gasteiger partial charge in [0.05, 0.1) is 24.5 Å². The van der Waals surface area contributed by atoms with E-state index in [1.54, 1.807) is 11.3 Å². The normalized spacial score (nSPS) is 10.9. The summed E-state index contributed by atoms with van der Waals surface area (Å²) in [5, 5.41) is 5.49. The van der Waals surface area contributed by atoms with Gasteiger partial charge in [-0.2, -0.15) is 0 Å². The molecule has 0 aliphatic heterocycles. The highest BCUT2D eigenvalue weighted by molar-refractivity contribution is 7.15. The van der Waals surface area contributed by atoms with Crippen LogP contribution in [0.25, 0.3) is 4.96 Å². The predicted octanol–water partition coefficient (Wildman–Crippen LogP) is 3.72. The number of anilines is 1. The maximum atomic E-state index is 5.51. The third-order valence-corrected chi connectivity index (χ3v) is 3.92. The molecule has 0 amide bonds. The fraction of sp³-hybridized carbons (Fsp3) is 0.267. The zero-order valence-electron chi connectivity index (χ0n) is 11.6. The first-order valence-electron chi connectivity index (χ1n) is 6.65. The summed E-state index contributed by atoms with van der Waals surface area (Å²) in [6.07, 6.45) is 2.06. The van der Waals surface area contributed by atoms with Crippen LogP contribution in [0.5, 0.6) is 5.75 Å². The summed E-state index contributed by atoms with van der Waals surface area (Å²) in [5.41, 5.74) is 3.33. The second-order valence-corrected chi connectivity index (χ2v) is 5.39. The van der Waals surface area contributed by atoms with Crippen LogP contribution in [0.2, 0.25) is 0 Å². The second kappa shape index (κ2) is 5.54. The van der Waals surface area contributed by atoms with E-state index >= 15 is 0 Å². The zero-order valence-corrected chi connectivity index (χ0v) is 12.4. The Hall–Kier alpha value is -2.01. The number of hydrogen-bond donors (Lipinski definition) is 1. The van der Waals surface area contributed by atoms with E-state index in [0.29, 0.717) is 6.61 Å². The summed E-state index contributed by atoms with van der Waals surface area (Å²) < 4.78 is 7.65. The Kier molecular flexibility index (Phi) is 3.60. The molecule has 104 valence electrons. The first kappa shape index (κ1) is 13.0. The summed E-state index contributed by atoms with van der Waals surface area (Å²) in [6.45, 7) is 5.47. The SMILES string of the molecule is CCOc1cccc(NCc2c(C)nc3sccn23)c1. The van der Waals surface area contributed by atoms with Gasteiger partial charge in [0.15, 0.2) is 4.96 Å². The molecule has 0 spiro atoms. The number of aryl methyl sites for hydroxylation is 1. The van der Waals surface area contributed by atoms with Gasteiger partial charge in [-0.15, -0.1) is 11.3 Å². The van der Waals surface area contributed by atoms with Crippen LogP contribution < -0.4 is 10.1 Å². The van der Waals surface area contributed by atoms with Crippen molar-refractivity contribution in [3.8, 4) is 5.75 Å². The molecule has 0 bridgehead atoms. The molecule has 0 aliphatic carbocycles. The van der Waals surface area contributed by atoms with Crippen molar-refractivity contribution >= 4 is 22.0 Å². The lowest BCUT2D eigenvalue weighted by molar-refractivity contribution is 0.340. The van der Waals surface area contributed by atoms with E-state index < -0.39 is 0 Å². The lowest BCUT2D eigenvalue weighted by Gasteiger charge is -2.09. The number of fused-ring (bicyclic) bond motifs is 1. The Morgan fingerprint density at radius 2 is 2.30 bits per heavy atom. The number of nitrogens with zero attached hydrogens (tertiary/aromatic N) is 2. The molecule has 0 unspecified atom stereocenters. The minimum atomic E-state index is 0.681. The number of hydrogen-bond acceptors (Lipinski definition) is 4. The molecule has 3 rings (SSSR count). The molecule has 0 fully saturated rings. The van der Waals surface area contributed by atoms with Gasteiger partial charge in [-0.05, 0) is 26.0 Å². The Balaban J connectivity index is 1.77. The minimum absolute atomic E-state index is 0.681. The van der Waals surface area contributed by atoms with Crippen molar-refractivity contribution in [1.29, 1.82) is 0 Å². The molecule has 0 atom stereocenters. The molecule has 0 saturated heterocycles. The van der Waals surface area contributed by atoms with E-state index in [-0.39, 0.29) is 0 Å². The van der Waals surface area contributed by atoms with Gasteiger partial charge in [0, 0.05) is 23.3 Å². The number of ether oxygens (including phenoxy) is 1.